The van der Waals surface area contributed by atoms with E-state index in [2.05, 4.69) is 0 Å². The number of carbonyl (C=O) groups is 1. The molecule has 8 nitrogen and oxygen atoms in total. The molecule has 0 aliphatic heterocycles. The third-order valence-electron chi connectivity index (χ3n) is 5.92. The van der Waals surface area contributed by atoms with E-state index in [0.29, 0.717) is 27.4 Å². The molecule has 4 aromatic rings. The SMILES string of the molecule is Cc1ccc(S(=O)(=O)Cl)c(C)c1OC(=O)c1c2ccccc2[n+](CCCS(=O)(=O)[O-])c2ccccc12. The van der Waals surface area contributed by atoms with Crippen molar-refractivity contribution in [3.63, 3.8) is 0 Å². The summed E-state index contributed by atoms with van der Waals surface area (Å²) in [7, 11) is -2.87. The third kappa shape index (κ3) is 5.22. The maximum Gasteiger partial charge on any atom is 0.345 e. The molecule has 0 aliphatic carbocycles. The summed E-state index contributed by atoms with van der Waals surface area (Å²) in [4.78, 5) is 13.5. The van der Waals surface area contributed by atoms with Crippen LogP contribution in [0.4, 0.5) is 0 Å². The Kier molecular flexibility index (Phi) is 7.07. The zero-order valence-electron chi connectivity index (χ0n) is 19.4. The second-order valence-corrected chi connectivity index (χ2v) is 12.4. The van der Waals surface area contributed by atoms with Crippen LogP contribution < -0.4 is 9.30 Å². The number of aromatic nitrogens is 1. The van der Waals surface area contributed by atoms with Crippen LogP contribution in [0.1, 0.15) is 27.9 Å². The number of ether oxygens (including phenoxy) is 1. The van der Waals surface area contributed by atoms with Crippen LogP contribution in [-0.4, -0.2) is 33.1 Å². The Hall–Kier alpha value is -3.05. The summed E-state index contributed by atoms with van der Waals surface area (Å²) < 4.78 is 65.0. The fourth-order valence-corrected chi connectivity index (χ4v) is 6.02. The summed E-state index contributed by atoms with van der Waals surface area (Å²) in [6.07, 6.45) is 0.104. The first kappa shape index (κ1) is 26.0. The Bertz CT molecular complexity index is 1680. The molecule has 188 valence electrons. The molecule has 0 atom stereocenters. The predicted octanol–water partition coefficient (Wildman–Crippen LogP) is 3.98. The molecular formula is C25H22ClNO7S2. The third-order valence-corrected chi connectivity index (χ3v) is 8.17. The van der Waals surface area contributed by atoms with Gasteiger partial charge in [-0.3, -0.25) is 0 Å². The quantitative estimate of drug-likeness (QED) is 0.0856. The minimum Gasteiger partial charge on any atom is -0.748 e. The first-order chi connectivity index (χ1) is 16.9. The van der Waals surface area contributed by atoms with Crippen molar-refractivity contribution in [2.45, 2.75) is 31.7 Å². The zero-order valence-corrected chi connectivity index (χ0v) is 21.8. The first-order valence-corrected chi connectivity index (χ1v) is 14.8. The molecule has 0 saturated heterocycles. The van der Waals surface area contributed by atoms with Gasteiger partial charge in [0.05, 0.1) is 31.3 Å². The van der Waals surface area contributed by atoms with Crippen molar-refractivity contribution in [3.05, 3.63) is 77.4 Å². The molecule has 0 aliphatic rings. The van der Waals surface area contributed by atoms with Gasteiger partial charge >= 0.3 is 5.97 Å². The van der Waals surface area contributed by atoms with E-state index >= 15 is 0 Å². The number of para-hydroxylation sites is 2. The van der Waals surface area contributed by atoms with E-state index in [9.17, 15) is 26.2 Å². The van der Waals surface area contributed by atoms with Crippen molar-refractivity contribution in [2.75, 3.05) is 5.75 Å². The number of pyridine rings is 1. The number of esters is 1. The molecule has 4 rings (SSSR count). The number of carbonyl (C=O) groups excluding carboxylic acids is 1. The van der Waals surface area contributed by atoms with Crippen LogP contribution in [-0.2, 0) is 25.7 Å². The van der Waals surface area contributed by atoms with Crippen LogP contribution in [0.5, 0.6) is 5.75 Å². The number of hydrogen-bond donors (Lipinski definition) is 0. The average Bonchev–Trinajstić information content (AvgIpc) is 2.79. The van der Waals surface area contributed by atoms with E-state index in [1.807, 2.05) is 4.57 Å². The summed E-state index contributed by atoms with van der Waals surface area (Å²) in [5.74, 6) is -1.09. The summed E-state index contributed by atoms with van der Waals surface area (Å²) in [6, 6.07) is 17.1. The van der Waals surface area contributed by atoms with Gasteiger partial charge in [-0.1, -0.05) is 30.3 Å². The first-order valence-electron chi connectivity index (χ1n) is 10.9. The van der Waals surface area contributed by atoms with Gasteiger partial charge in [0, 0.05) is 40.6 Å². The lowest BCUT2D eigenvalue weighted by Gasteiger charge is -2.15. The second-order valence-electron chi connectivity index (χ2n) is 8.34. The monoisotopic (exact) mass is 547 g/mol. The van der Waals surface area contributed by atoms with Gasteiger partial charge in [-0.05, 0) is 37.6 Å². The van der Waals surface area contributed by atoms with E-state index in [1.165, 1.54) is 19.1 Å². The second kappa shape index (κ2) is 9.78. The molecule has 0 unspecified atom stereocenters. The number of rotatable bonds is 7. The predicted molar refractivity (Wildman–Crippen MR) is 135 cm³/mol. The van der Waals surface area contributed by atoms with Crippen LogP contribution in [0.25, 0.3) is 21.8 Å². The highest BCUT2D eigenvalue weighted by Crippen LogP contribution is 2.33. The molecule has 0 saturated carbocycles. The van der Waals surface area contributed by atoms with Crippen LogP contribution in [0.2, 0.25) is 0 Å². The van der Waals surface area contributed by atoms with E-state index in [4.69, 9.17) is 15.4 Å². The molecule has 36 heavy (non-hydrogen) atoms. The van der Waals surface area contributed by atoms with Crippen LogP contribution in [0.15, 0.2) is 65.6 Å². The molecule has 0 fully saturated rings. The minimum atomic E-state index is -4.37. The maximum atomic E-state index is 13.6. The van der Waals surface area contributed by atoms with Crippen molar-refractivity contribution in [1.82, 2.24) is 0 Å². The van der Waals surface area contributed by atoms with E-state index in [1.54, 1.807) is 55.5 Å². The molecule has 1 heterocycles. The maximum absolute atomic E-state index is 13.6. The summed E-state index contributed by atoms with van der Waals surface area (Å²) in [5, 5.41) is 1.12. The van der Waals surface area contributed by atoms with Gasteiger partial charge in [0.2, 0.25) is 11.0 Å². The highest BCUT2D eigenvalue weighted by atomic mass is 35.7. The molecular weight excluding hydrogens is 526 g/mol. The smallest absolute Gasteiger partial charge is 0.345 e. The molecule has 0 N–H and O–H groups in total. The molecule has 0 radical (unpaired) electrons. The van der Waals surface area contributed by atoms with Crippen molar-refractivity contribution in [3.8, 4) is 5.75 Å². The summed E-state index contributed by atoms with van der Waals surface area (Å²) >= 11 is 0. The lowest BCUT2D eigenvalue weighted by Crippen LogP contribution is -2.37. The van der Waals surface area contributed by atoms with Gasteiger partial charge in [0.1, 0.15) is 5.75 Å². The zero-order chi connectivity index (χ0) is 26.3. The van der Waals surface area contributed by atoms with Crippen LogP contribution >= 0.6 is 10.7 Å². The number of halogens is 1. The lowest BCUT2D eigenvalue weighted by atomic mass is 10.0. The Morgan fingerprint density at radius 1 is 0.917 bits per heavy atom. The topological polar surface area (TPSA) is 122 Å². The Balaban J connectivity index is 1.89. The number of aryl methyl sites for hydroxylation is 2. The van der Waals surface area contributed by atoms with Crippen molar-refractivity contribution < 1.29 is 35.5 Å². The van der Waals surface area contributed by atoms with E-state index in [-0.39, 0.29) is 34.7 Å². The van der Waals surface area contributed by atoms with Gasteiger partial charge in [-0.15, -0.1) is 0 Å². The molecule has 0 spiro atoms. The molecule has 11 heteroatoms. The number of fused-ring (bicyclic) bond motifs is 2. The highest BCUT2D eigenvalue weighted by Gasteiger charge is 2.27. The van der Waals surface area contributed by atoms with Crippen molar-refractivity contribution in [1.29, 1.82) is 0 Å². The minimum absolute atomic E-state index is 0.104. The number of benzene rings is 3. The molecule has 0 bridgehead atoms. The standard InChI is InChI=1S/C25H22ClNO7S2/c1-16-12-13-22(36(26,32)33)17(2)24(16)34-25(28)23-18-8-3-5-10-20(18)27(14-7-15-35(29,30)31)21-11-6-4-9-19(21)23/h3-6,8-13H,7,14-15H2,1-2H3. The summed E-state index contributed by atoms with van der Waals surface area (Å²) in [6.45, 7) is 3.45. The normalized spacial score (nSPS) is 12.2. The number of nitrogens with zero attached hydrogens (tertiary/aromatic N) is 1. The highest BCUT2D eigenvalue weighted by molar-refractivity contribution is 8.13. The summed E-state index contributed by atoms with van der Waals surface area (Å²) in [5.41, 5.74) is 2.35. The molecule has 0 amide bonds. The van der Waals surface area contributed by atoms with Gasteiger partial charge in [-0.25, -0.2) is 21.6 Å². The lowest BCUT2D eigenvalue weighted by molar-refractivity contribution is -0.645. The molecule has 3 aromatic carbocycles. The van der Waals surface area contributed by atoms with Crippen LogP contribution in [0.3, 0.4) is 0 Å². The van der Waals surface area contributed by atoms with Gasteiger partial charge in [0.25, 0.3) is 9.05 Å². The van der Waals surface area contributed by atoms with Crippen molar-refractivity contribution in [2.24, 2.45) is 0 Å². The van der Waals surface area contributed by atoms with Gasteiger partial charge in [-0.2, -0.15) is 4.57 Å². The number of hydrogen-bond acceptors (Lipinski definition) is 7. The van der Waals surface area contributed by atoms with Gasteiger partial charge < -0.3 is 9.29 Å². The van der Waals surface area contributed by atoms with Gasteiger partial charge in [0.15, 0.2) is 6.54 Å². The van der Waals surface area contributed by atoms with E-state index < -0.39 is 30.9 Å². The fraction of sp³-hybridized carbons (Fsp3) is 0.200. The van der Waals surface area contributed by atoms with Crippen LogP contribution in [0, 0.1) is 13.8 Å². The largest absolute Gasteiger partial charge is 0.748 e. The van der Waals surface area contributed by atoms with E-state index in [0.717, 1.165) is 0 Å². The average molecular weight is 548 g/mol. The van der Waals surface area contributed by atoms with Crippen molar-refractivity contribution >= 4 is 57.6 Å². The Labute approximate surface area is 213 Å². The fourth-order valence-electron chi connectivity index (χ4n) is 4.35. The Morgan fingerprint density at radius 2 is 1.47 bits per heavy atom. The Morgan fingerprint density at radius 3 is 2.00 bits per heavy atom. The molecule has 1 aromatic heterocycles.